The molecule has 1 aliphatic heterocycles. The minimum absolute atomic E-state index is 0.392. The molecule has 0 aromatic heterocycles. The van der Waals surface area contributed by atoms with Crippen molar-refractivity contribution in [3.63, 3.8) is 0 Å². The van der Waals surface area contributed by atoms with Crippen LogP contribution in [-0.2, 0) is 0 Å². The van der Waals surface area contributed by atoms with Gasteiger partial charge in [-0.1, -0.05) is 0 Å². The molecule has 15 heavy (non-hydrogen) atoms. The molecular formula is C14H25N. The van der Waals surface area contributed by atoms with Crippen LogP contribution in [0.1, 0.15) is 52.9 Å². The highest BCUT2D eigenvalue weighted by atomic mass is 15.2. The molecule has 3 rings (SSSR count). The molecule has 0 aromatic carbocycles. The van der Waals surface area contributed by atoms with E-state index in [9.17, 15) is 0 Å². The van der Waals surface area contributed by atoms with E-state index in [1.807, 2.05) is 0 Å². The van der Waals surface area contributed by atoms with Gasteiger partial charge in [-0.2, -0.15) is 0 Å². The first-order valence-electron chi connectivity index (χ1n) is 6.76. The van der Waals surface area contributed by atoms with Gasteiger partial charge in [0.25, 0.3) is 0 Å². The summed E-state index contributed by atoms with van der Waals surface area (Å²) in [6.45, 7) is 9.79. The van der Waals surface area contributed by atoms with Gasteiger partial charge in [0.1, 0.15) is 0 Å². The molecular weight excluding hydrogens is 182 g/mol. The number of rotatable bonds is 0. The fourth-order valence-electron chi connectivity index (χ4n) is 4.22. The molecule has 3 fully saturated rings. The summed E-state index contributed by atoms with van der Waals surface area (Å²) >= 11 is 0. The summed E-state index contributed by atoms with van der Waals surface area (Å²) in [4.78, 5) is 2.69. The Morgan fingerprint density at radius 2 is 1.73 bits per heavy atom. The molecule has 0 N–H and O–H groups in total. The number of nitrogens with zero attached hydrogens (tertiary/aromatic N) is 1. The Morgan fingerprint density at radius 1 is 1.07 bits per heavy atom. The van der Waals surface area contributed by atoms with Gasteiger partial charge in [0.2, 0.25) is 0 Å². The molecule has 86 valence electrons. The van der Waals surface area contributed by atoms with Crippen molar-refractivity contribution in [2.75, 3.05) is 13.1 Å². The first kappa shape index (κ1) is 10.1. The van der Waals surface area contributed by atoms with Crippen LogP contribution in [0.2, 0.25) is 0 Å². The monoisotopic (exact) mass is 207 g/mol. The Labute approximate surface area is 94.2 Å². The Kier molecular flexibility index (Phi) is 2.03. The summed E-state index contributed by atoms with van der Waals surface area (Å²) in [6, 6.07) is 0. The maximum absolute atomic E-state index is 2.69. The highest BCUT2D eigenvalue weighted by Gasteiger charge is 2.58. The topological polar surface area (TPSA) is 3.24 Å². The van der Waals surface area contributed by atoms with Crippen LogP contribution in [-0.4, -0.2) is 23.5 Å². The van der Waals surface area contributed by atoms with E-state index < -0.39 is 0 Å². The van der Waals surface area contributed by atoms with Crippen LogP contribution in [0.15, 0.2) is 0 Å². The third-order valence-electron chi connectivity index (χ3n) is 5.43. The minimum Gasteiger partial charge on any atom is -0.298 e. The quantitative estimate of drug-likeness (QED) is 0.589. The summed E-state index contributed by atoms with van der Waals surface area (Å²) in [6.07, 6.45) is 7.67. The van der Waals surface area contributed by atoms with Gasteiger partial charge in [0.15, 0.2) is 0 Å². The van der Waals surface area contributed by atoms with Crippen LogP contribution in [0.5, 0.6) is 0 Å². The second-order valence-corrected chi connectivity index (χ2v) is 7.16. The van der Waals surface area contributed by atoms with Crippen molar-refractivity contribution in [1.29, 1.82) is 0 Å². The molecule has 3 aliphatic rings. The van der Waals surface area contributed by atoms with Crippen molar-refractivity contribution in [2.24, 2.45) is 17.3 Å². The maximum Gasteiger partial charge on any atom is 0.0125 e. The third-order valence-corrected chi connectivity index (χ3v) is 5.43. The zero-order valence-electron chi connectivity index (χ0n) is 10.6. The van der Waals surface area contributed by atoms with E-state index in [-0.39, 0.29) is 0 Å². The van der Waals surface area contributed by atoms with Gasteiger partial charge in [0, 0.05) is 5.54 Å². The van der Waals surface area contributed by atoms with E-state index in [0.717, 1.165) is 17.3 Å². The molecule has 1 heteroatoms. The smallest absolute Gasteiger partial charge is 0.0125 e. The second kappa shape index (κ2) is 3.00. The highest BCUT2D eigenvalue weighted by Crippen LogP contribution is 2.65. The molecule has 0 amide bonds. The first-order valence-corrected chi connectivity index (χ1v) is 6.76. The fraction of sp³-hybridized carbons (Fsp3) is 1.00. The molecule has 0 radical (unpaired) electrons. The number of hydrogen-bond donors (Lipinski definition) is 0. The van der Waals surface area contributed by atoms with E-state index in [0.29, 0.717) is 5.54 Å². The molecule has 2 atom stereocenters. The standard InChI is InChI=1S/C14H25N/c1-13(2,3)15-8-6-14(7-9-15)5-4-11-10-12(11)14/h11-12H,4-10H2,1-3H3. The van der Waals surface area contributed by atoms with Crippen molar-refractivity contribution in [1.82, 2.24) is 4.90 Å². The molecule has 1 nitrogen and oxygen atoms in total. The van der Waals surface area contributed by atoms with Crippen molar-refractivity contribution in [2.45, 2.75) is 58.4 Å². The van der Waals surface area contributed by atoms with Gasteiger partial charge in [-0.3, -0.25) is 4.90 Å². The zero-order valence-corrected chi connectivity index (χ0v) is 10.6. The van der Waals surface area contributed by atoms with Gasteiger partial charge in [-0.15, -0.1) is 0 Å². The fourth-order valence-corrected chi connectivity index (χ4v) is 4.22. The Hall–Kier alpha value is -0.0400. The number of fused-ring (bicyclic) bond motifs is 2. The van der Waals surface area contributed by atoms with Crippen LogP contribution in [0.25, 0.3) is 0 Å². The molecule has 1 heterocycles. The minimum atomic E-state index is 0.392. The Bertz CT molecular complexity index is 255. The molecule has 1 saturated heterocycles. The third kappa shape index (κ3) is 1.54. The molecule has 0 aromatic rings. The molecule has 2 unspecified atom stereocenters. The number of piperidine rings is 1. The van der Waals surface area contributed by atoms with Crippen molar-refractivity contribution >= 4 is 0 Å². The van der Waals surface area contributed by atoms with Gasteiger partial charge in [-0.25, -0.2) is 0 Å². The van der Waals surface area contributed by atoms with E-state index in [2.05, 4.69) is 25.7 Å². The molecule has 2 aliphatic carbocycles. The van der Waals surface area contributed by atoms with Gasteiger partial charge >= 0.3 is 0 Å². The Balaban J connectivity index is 1.65. The van der Waals surface area contributed by atoms with E-state index in [1.165, 1.54) is 25.9 Å². The summed E-state index contributed by atoms with van der Waals surface area (Å²) < 4.78 is 0. The van der Waals surface area contributed by atoms with Crippen molar-refractivity contribution < 1.29 is 0 Å². The maximum atomic E-state index is 2.69. The average Bonchev–Trinajstić information content (AvgIpc) is 2.88. The van der Waals surface area contributed by atoms with Gasteiger partial charge in [0.05, 0.1) is 0 Å². The van der Waals surface area contributed by atoms with E-state index in [1.54, 1.807) is 19.3 Å². The summed E-state index contributed by atoms with van der Waals surface area (Å²) in [5.41, 5.74) is 1.20. The largest absolute Gasteiger partial charge is 0.298 e. The second-order valence-electron chi connectivity index (χ2n) is 7.16. The lowest BCUT2D eigenvalue weighted by Crippen LogP contribution is -2.49. The summed E-state index contributed by atoms with van der Waals surface area (Å²) in [7, 11) is 0. The molecule has 0 bridgehead atoms. The van der Waals surface area contributed by atoms with Crippen LogP contribution in [0.3, 0.4) is 0 Å². The average molecular weight is 207 g/mol. The van der Waals surface area contributed by atoms with Crippen LogP contribution in [0, 0.1) is 17.3 Å². The van der Waals surface area contributed by atoms with Crippen LogP contribution in [0.4, 0.5) is 0 Å². The lowest BCUT2D eigenvalue weighted by Gasteiger charge is -2.46. The van der Waals surface area contributed by atoms with Gasteiger partial charge < -0.3 is 0 Å². The Morgan fingerprint density at radius 3 is 2.13 bits per heavy atom. The predicted octanol–water partition coefficient (Wildman–Crippen LogP) is 3.30. The zero-order chi connectivity index (χ0) is 10.7. The first-order chi connectivity index (χ1) is 7.01. The molecule has 1 spiro atoms. The van der Waals surface area contributed by atoms with Crippen LogP contribution < -0.4 is 0 Å². The summed E-state index contributed by atoms with van der Waals surface area (Å²) in [5, 5.41) is 0. The lowest BCUT2D eigenvalue weighted by atomic mass is 9.73. The number of hydrogen-bond acceptors (Lipinski definition) is 1. The SMILES string of the molecule is CC(C)(C)N1CCC2(CCC3CC32)CC1. The van der Waals surface area contributed by atoms with E-state index >= 15 is 0 Å². The normalized spacial score (nSPS) is 39.4. The molecule has 2 saturated carbocycles. The number of likely N-dealkylation sites (tertiary alicyclic amines) is 1. The highest BCUT2D eigenvalue weighted by molar-refractivity contribution is 5.08. The van der Waals surface area contributed by atoms with Crippen molar-refractivity contribution in [3.8, 4) is 0 Å². The van der Waals surface area contributed by atoms with E-state index in [4.69, 9.17) is 0 Å². The summed E-state index contributed by atoms with van der Waals surface area (Å²) in [5.74, 6) is 2.31. The van der Waals surface area contributed by atoms with Gasteiger partial charge in [-0.05, 0) is 83.2 Å². The predicted molar refractivity (Wildman–Crippen MR) is 63.8 cm³/mol. The van der Waals surface area contributed by atoms with Crippen LogP contribution >= 0.6 is 0 Å². The lowest BCUT2D eigenvalue weighted by molar-refractivity contribution is 0.0343. The van der Waals surface area contributed by atoms with Crippen molar-refractivity contribution in [3.05, 3.63) is 0 Å².